The topological polar surface area (TPSA) is 32.3 Å². The predicted molar refractivity (Wildman–Crippen MR) is 114 cm³/mol. The lowest BCUT2D eigenvalue weighted by atomic mass is 10.0. The fourth-order valence-corrected chi connectivity index (χ4v) is 3.75. The Morgan fingerprint density at radius 3 is 2.00 bits per heavy atom. The van der Waals surface area contributed by atoms with Crippen LogP contribution in [0.4, 0.5) is 23.0 Å². The lowest BCUT2D eigenvalue weighted by Crippen LogP contribution is -2.24. The summed E-state index contributed by atoms with van der Waals surface area (Å²) in [7, 11) is 0. The maximum absolute atomic E-state index is 4.64. The van der Waals surface area contributed by atoms with E-state index in [-0.39, 0.29) is 0 Å². The summed E-state index contributed by atoms with van der Waals surface area (Å²) >= 11 is 0. The first-order valence-corrected chi connectivity index (χ1v) is 9.38. The molecule has 3 aromatic carbocycles. The Bertz CT molecular complexity index is 1110. The van der Waals surface area contributed by atoms with Crippen LogP contribution in [0, 0.1) is 6.92 Å². The van der Waals surface area contributed by atoms with Crippen LogP contribution < -0.4 is 9.80 Å². The van der Waals surface area contributed by atoms with Crippen molar-refractivity contribution in [2.45, 2.75) is 6.92 Å². The average Bonchev–Trinajstić information content (AvgIpc) is 3.14. The molecule has 0 aliphatic carbocycles. The lowest BCUT2D eigenvalue weighted by molar-refractivity contribution is 0.971. The van der Waals surface area contributed by atoms with E-state index in [0.717, 1.165) is 23.0 Å². The molecule has 0 saturated heterocycles. The zero-order chi connectivity index (χ0) is 18.9. The molecule has 0 amide bonds. The van der Waals surface area contributed by atoms with Gasteiger partial charge < -0.3 is 9.80 Å². The highest BCUT2D eigenvalue weighted by Gasteiger charge is 2.31. The number of nitrogens with zero attached hydrogens (tertiary/aromatic N) is 4. The number of fused-ring (bicyclic) bond motifs is 1. The van der Waals surface area contributed by atoms with E-state index in [1.54, 1.807) is 12.4 Å². The van der Waals surface area contributed by atoms with Gasteiger partial charge in [-0.1, -0.05) is 54.6 Å². The molecule has 1 aliphatic rings. The third kappa shape index (κ3) is 2.79. The number of aryl methyl sites for hydroxylation is 1. The summed E-state index contributed by atoms with van der Waals surface area (Å²) in [6, 6.07) is 27.4. The maximum Gasteiger partial charge on any atom is 0.178 e. The van der Waals surface area contributed by atoms with Crippen LogP contribution in [0.2, 0.25) is 0 Å². The van der Waals surface area contributed by atoms with Gasteiger partial charge in [0.1, 0.15) is 6.67 Å². The highest BCUT2D eigenvalue weighted by Crippen LogP contribution is 2.42. The Morgan fingerprint density at radius 2 is 1.32 bits per heavy atom. The molecule has 2 heterocycles. The summed E-state index contributed by atoms with van der Waals surface area (Å²) in [5.41, 5.74) is 5.93. The van der Waals surface area contributed by atoms with Crippen molar-refractivity contribution in [3.63, 3.8) is 0 Å². The number of hydrogen-bond donors (Lipinski definition) is 0. The van der Waals surface area contributed by atoms with Crippen LogP contribution >= 0.6 is 0 Å². The number of hydrogen-bond acceptors (Lipinski definition) is 4. The molecular formula is C24H20N4. The monoisotopic (exact) mass is 364 g/mol. The van der Waals surface area contributed by atoms with Gasteiger partial charge in [-0.25, -0.2) is 9.97 Å². The number of benzene rings is 3. The van der Waals surface area contributed by atoms with Crippen LogP contribution in [0.15, 0.2) is 91.3 Å². The van der Waals surface area contributed by atoms with Crippen molar-refractivity contribution in [3.8, 4) is 11.1 Å². The molecule has 136 valence electrons. The van der Waals surface area contributed by atoms with Gasteiger partial charge in [0.2, 0.25) is 0 Å². The smallest absolute Gasteiger partial charge is 0.178 e. The van der Waals surface area contributed by atoms with Gasteiger partial charge in [-0.05, 0) is 47.9 Å². The van der Waals surface area contributed by atoms with E-state index < -0.39 is 0 Å². The van der Waals surface area contributed by atoms with Gasteiger partial charge in [-0.3, -0.25) is 0 Å². The van der Waals surface area contributed by atoms with Gasteiger partial charge in [0.25, 0.3) is 0 Å². The molecule has 1 aromatic heterocycles. The normalized spacial score (nSPS) is 12.9. The Morgan fingerprint density at radius 1 is 0.679 bits per heavy atom. The van der Waals surface area contributed by atoms with E-state index >= 15 is 0 Å². The fourth-order valence-electron chi connectivity index (χ4n) is 3.75. The maximum atomic E-state index is 4.64. The minimum absolute atomic E-state index is 0.689. The summed E-state index contributed by atoms with van der Waals surface area (Å²) in [6.45, 7) is 2.85. The Kier molecular flexibility index (Phi) is 4.02. The van der Waals surface area contributed by atoms with Crippen LogP contribution in [0.5, 0.6) is 0 Å². The molecule has 0 unspecified atom stereocenters. The second-order valence-corrected chi connectivity index (χ2v) is 6.90. The second-order valence-electron chi connectivity index (χ2n) is 6.90. The minimum Gasteiger partial charge on any atom is -0.305 e. The molecule has 0 atom stereocenters. The van der Waals surface area contributed by atoms with E-state index in [1.807, 2.05) is 24.3 Å². The van der Waals surface area contributed by atoms with Gasteiger partial charge in [0.05, 0.1) is 0 Å². The van der Waals surface area contributed by atoms with E-state index in [9.17, 15) is 0 Å². The van der Waals surface area contributed by atoms with Gasteiger partial charge in [-0.2, -0.15) is 0 Å². The minimum atomic E-state index is 0.689. The van der Waals surface area contributed by atoms with Crippen molar-refractivity contribution in [1.82, 2.24) is 9.97 Å². The van der Waals surface area contributed by atoms with Crippen LogP contribution in [-0.4, -0.2) is 16.6 Å². The molecule has 1 aliphatic heterocycles. The zero-order valence-electron chi connectivity index (χ0n) is 15.7. The average molecular weight is 364 g/mol. The number of anilines is 4. The van der Waals surface area contributed by atoms with Crippen molar-refractivity contribution < 1.29 is 0 Å². The SMILES string of the molecule is Cc1cc(-c2ccccc2)ccc1N1CN(c2ccccc2)c2nccnc21. The number of aromatic nitrogens is 2. The van der Waals surface area contributed by atoms with Gasteiger partial charge in [0, 0.05) is 23.8 Å². The quantitative estimate of drug-likeness (QED) is 0.467. The third-order valence-electron chi connectivity index (χ3n) is 5.12. The number of para-hydroxylation sites is 1. The zero-order valence-corrected chi connectivity index (χ0v) is 15.7. The first-order chi connectivity index (χ1) is 13.8. The van der Waals surface area contributed by atoms with E-state index in [4.69, 9.17) is 0 Å². The molecule has 0 spiro atoms. The Labute approximate surface area is 164 Å². The van der Waals surface area contributed by atoms with Crippen LogP contribution in [0.3, 0.4) is 0 Å². The van der Waals surface area contributed by atoms with E-state index in [1.165, 1.54) is 16.7 Å². The number of rotatable bonds is 3. The summed E-state index contributed by atoms with van der Waals surface area (Å²) in [6.07, 6.45) is 3.51. The molecular weight excluding hydrogens is 344 g/mol. The molecule has 0 fully saturated rings. The third-order valence-corrected chi connectivity index (χ3v) is 5.12. The summed E-state index contributed by atoms with van der Waals surface area (Å²) < 4.78 is 0. The molecule has 0 N–H and O–H groups in total. The van der Waals surface area contributed by atoms with Gasteiger partial charge in [0.15, 0.2) is 11.6 Å². The van der Waals surface area contributed by atoms with Crippen molar-refractivity contribution in [1.29, 1.82) is 0 Å². The van der Waals surface area contributed by atoms with Gasteiger partial charge in [-0.15, -0.1) is 0 Å². The lowest BCUT2D eigenvalue weighted by Gasteiger charge is -2.22. The first-order valence-electron chi connectivity index (χ1n) is 9.38. The Hall–Kier alpha value is -3.66. The highest BCUT2D eigenvalue weighted by atomic mass is 15.4. The Balaban J connectivity index is 1.55. The van der Waals surface area contributed by atoms with Crippen molar-refractivity contribution in [2.24, 2.45) is 0 Å². The predicted octanol–water partition coefficient (Wildman–Crippen LogP) is 5.70. The standard InChI is InChI=1S/C24H20N4/c1-18-16-20(19-8-4-2-5-9-19)12-13-22(18)28-17-27(21-10-6-3-7-11-21)23-24(28)26-15-14-25-23/h2-16H,17H2,1H3. The first kappa shape index (κ1) is 16.5. The summed E-state index contributed by atoms with van der Waals surface area (Å²) in [5, 5.41) is 0. The fraction of sp³-hybridized carbons (Fsp3) is 0.0833. The van der Waals surface area contributed by atoms with Crippen molar-refractivity contribution in [2.75, 3.05) is 16.5 Å². The van der Waals surface area contributed by atoms with Crippen molar-refractivity contribution >= 4 is 23.0 Å². The van der Waals surface area contributed by atoms with Crippen LogP contribution in [0.25, 0.3) is 11.1 Å². The molecule has 5 rings (SSSR count). The molecule has 0 radical (unpaired) electrons. The van der Waals surface area contributed by atoms with Crippen molar-refractivity contribution in [3.05, 3.63) is 96.8 Å². The van der Waals surface area contributed by atoms with E-state index in [2.05, 4.69) is 81.3 Å². The molecule has 0 saturated carbocycles. The molecule has 0 bridgehead atoms. The highest BCUT2D eigenvalue weighted by molar-refractivity contribution is 5.83. The second kappa shape index (κ2) is 6.82. The van der Waals surface area contributed by atoms with Crippen LogP contribution in [0.1, 0.15) is 5.56 Å². The summed E-state index contributed by atoms with van der Waals surface area (Å²) in [5.74, 6) is 1.78. The molecule has 4 nitrogen and oxygen atoms in total. The van der Waals surface area contributed by atoms with Crippen LogP contribution in [-0.2, 0) is 0 Å². The largest absolute Gasteiger partial charge is 0.305 e. The molecule has 28 heavy (non-hydrogen) atoms. The van der Waals surface area contributed by atoms with Gasteiger partial charge >= 0.3 is 0 Å². The molecule has 4 aromatic rings. The van der Waals surface area contributed by atoms with E-state index in [0.29, 0.717) is 6.67 Å². The summed E-state index contributed by atoms with van der Waals surface area (Å²) in [4.78, 5) is 13.7. The molecule has 4 heteroatoms.